The fraction of sp³-hybridized carbons (Fsp3) is 0.444. The molecule has 0 bridgehead atoms. The van der Waals surface area contributed by atoms with E-state index in [2.05, 4.69) is 10.0 Å². The summed E-state index contributed by atoms with van der Waals surface area (Å²) in [6.45, 7) is 2.91. The Morgan fingerprint density at radius 2 is 2.36 bits per heavy atom. The van der Waals surface area contributed by atoms with E-state index in [0.29, 0.717) is 19.5 Å². The number of hydrogen-bond donors (Lipinski definition) is 0. The van der Waals surface area contributed by atoms with Crippen molar-refractivity contribution in [1.82, 2.24) is 4.57 Å². The van der Waals surface area contributed by atoms with Gasteiger partial charge in [-0.25, -0.2) is 0 Å². The molecule has 1 heterocycles. The number of hydrogen-bond acceptors (Lipinski definition) is 2. The van der Waals surface area contributed by atoms with Crippen LogP contribution in [-0.4, -0.2) is 11.1 Å². The Morgan fingerprint density at radius 3 is 3.00 bits per heavy atom. The number of nitrogens with zero attached hydrogens (tertiary/aromatic N) is 4. The molecule has 0 aliphatic rings. The standard InChI is InChI=1S/C9H12N4O/c1-8-4-2-5-9(14)13(8)7-3-6-11-12-10/h2,4-5H,3,6-7H2,1H3. The normalized spacial score (nSPS) is 9.50. The van der Waals surface area contributed by atoms with Crippen LogP contribution in [-0.2, 0) is 6.54 Å². The van der Waals surface area contributed by atoms with Crippen molar-refractivity contribution in [3.05, 3.63) is 44.7 Å². The summed E-state index contributed by atoms with van der Waals surface area (Å²) in [7, 11) is 0. The van der Waals surface area contributed by atoms with Crippen LogP contribution in [0.2, 0.25) is 0 Å². The highest BCUT2D eigenvalue weighted by atomic mass is 16.1. The fourth-order valence-electron chi connectivity index (χ4n) is 1.25. The summed E-state index contributed by atoms with van der Waals surface area (Å²) in [4.78, 5) is 14.0. The molecule has 0 spiro atoms. The van der Waals surface area contributed by atoms with Gasteiger partial charge in [-0.3, -0.25) is 4.79 Å². The van der Waals surface area contributed by atoms with Crippen molar-refractivity contribution in [3.8, 4) is 0 Å². The number of pyridine rings is 1. The lowest BCUT2D eigenvalue weighted by atomic mass is 10.3. The Bertz CT molecular complexity index is 404. The average molecular weight is 192 g/mol. The van der Waals surface area contributed by atoms with Gasteiger partial charge in [0.25, 0.3) is 5.56 Å². The molecule has 5 heteroatoms. The maximum absolute atomic E-state index is 11.4. The minimum Gasteiger partial charge on any atom is -0.313 e. The second-order valence-corrected chi connectivity index (χ2v) is 2.97. The van der Waals surface area contributed by atoms with Gasteiger partial charge in [-0.15, -0.1) is 0 Å². The molecule has 0 N–H and O–H groups in total. The maximum atomic E-state index is 11.4. The highest BCUT2D eigenvalue weighted by molar-refractivity contribution is 5.04. The first-order valence-corrected chi connectivity index (χ1v) is 4.43. The van der Waals surface area contributed by atoms with E-state index >= 15 is 0 Å². The summed E-state index contributed by atoms with van der Waals surface area (Å²) >= 11 is 0. The molecule has 1 aromatic rings. The van der Waals surface area contributed by atoms with Crippen LogP contribution in [0, 0.1) is 6.92 Å². The Morgan fingerprint density at radius 1 is 1.57 bits per heavy atom. The molecule has 0 radical (unpaired) electrons. The SMILES string of the molecule is Cc1cccc(=O)n1CCCN=[N+]=[N-]. The lowest BCUT2D eigenvalue weighted by molar-refractivity contribution is 0.613. The number of aromatic nitrogens is 1. The second-order valence-electron chi connectivity index (χ2n) is 2.97. The highest BCUT2D eigenvalue weighted by Gasteiger charge is 1.97. The van der Waals surface area contributed by atoms with Crippen molar-refractivity contribution in [2.75, 3.05) is 6.54 Å². The van der Waals surface area contributed by atoms with Crippen LogP contribution in [0.15, 0.2) is 28.1 Å². The minimum atomic E-state index is -0.00839. The van der Waals surface area contributed by atoms with E-state index in [0.717, 1.165) is 5.69 Å². The zero-order chi connectivity index (χ0) is 10.4. The summed E-state index contributed by atoms with van der Waals surface area (Å²) in [6.07, 6.45) is 0.689. The first-order chi connectivity index (χ1) is 6.75. The molecule has 0 atom stereocenters. The molecule has 74 valence electrons. The molecule has 0 unspecified atom stereocenters. The van der Waals surface area contributed by atoms with Crippen LogP contribution >= 0.6 is 0 Å². The van der Waals surface area contributed by atoms with Crippen molar-refractivity contribution in [3.63, 3.8) is 0 Å². The Kier molecular flexibility index (Phi) is 3.76. The molecule has 0 aromatic carbocycles. The third kappa shape index (κ3) is 2.64. The van der Waals surface area contributed by atoms with E-state index in [1.165, 1.54) is 6.07 Å². The summed E-state index contributed by atoms with van der Waals surface area (Å²) in [5.41, 5.74) is 8.98. The first kappa shape index (κ1) is 10.3. The van der Waals surface area contributed by atoms with Crippen LogP contribution in [0.3, 0.4) is 0 Å². The smallest absolute Gasteiger partial charge is 0.250 e. The van der Waals surface area contributed by atoms with Crippen LogP contribution < -0.4 is 5.56 Å². The van der Waals surface area contributed by atoms with Crippen LogP contribution in [0.25, 0.3) is 10.4 Å². The Balaban J connectivity index is 2.67. The lowest BCUT2D eigenvalue weighted by Gasteiger charge is -2.07. The van der Waals surface area contributed by atoms with Crippen LogP contribution in [0.4, 0.5) is 0 Å². The van der Waals surface area contributed by atoms with Gasteiger partial charge in [-0.2, -0.15) is 0 Å². The zero-order valence-corrected chi connectivity index (χ0v) is 8.05. The Labute approximate surface area is 81.6 Å². The van der Waals surface area contributed by atoms with Crippen LogP contribution in [0.1, 0.15) is 12.1 Å². The van der Waals surface area contributed by atoms with Gasteiger partial charge in [0.15, 0.2) is 0 Å². The molecule has 0 saturated heterocycles. The molecule has 0 amide bonds. The van der Waals surface area contributed by atoms with Gasteiger partial charge in [-0.05, 0) is 24.9 Å². The van der Waals surface area contributed by atoms with Gasteiger partial charge in [0.2, 0.25) is 0 Å². The van der Waals surface area contributed by atoms with Gasteiger partial charge >= 0.3 is 0 Å². The van der Waals surface area contributed by atoms with E-state index < -0.39 is 0 Å². The zero-order valence-electron chi connectivity index (χ0n) is 8.05. The van der Waals surface area contributed by atoms with E-state index in [-0.39, 0.29) is 5.56 Å². The van der Waals surface area contributed by atoms with E-state index in [1.54, 1.807) is 10.6 Å². The Hall–Kier alpha value is -1.74. The minimum absolute atomic E-state index is 0.00839. The largest absolute Gasteiger partial charge is 0.313 e. The highest BCUT2D eigenvalue weighted by Crippen LogP contribution is 1.95. The fourth-order valence-corrected chi connectivity index (χ4v) is 1.25. The van der Waals surface area contributed by atoms with Crippen molar-refractivity contribution in [2.24, 2.45) is 5.11 Å². The third-order valence-corrected chi connectivity index (χ3v) is 1.97. The molecule has 0 aliphatic heterocycles. The first-order valence-electron chi connectivity index (χ1n) is 4.43. The molecule has 1 rings (SSSR count). The van der Waals surface area contributed by atoms with E-state index in [1.807, 2.05) is 13.0 Å². The summed E-state index contributed by atoms with van der Waals surface area (Å²) in [5, 5.41) is 3.41. The van der Waals surface area contributed by atoms with Crippen molar-refractivity contribution in [1.29, 1.82) is 0 Å². The summed E-state index contributed by atoms with van der Waals surface area (Å²) in [5.74, 6) is 0. The quantitative estimate of drug-likeness (QED) is 0.310. The maximum Gasteiger partial charge on any atom is 0.250 e. The molecule has 14 heavy (non-hydrogen) atoms. The molecule has 5 nitrogen and oxygen atoms in total. The molecule has 1 aromatic heterocycles. The predicted molar refractivity (Wildman–Crippen MR) is 54.1 cm³/mol. The number of aryl methyl sites for hydroxylation is 1. The second kappa shape index (κ2) is 5.09. The van der Waals surface area contributed by atoms with Gasteiger partial charge in [0.05, 0.1) is 0 Å². The van der Waals surface area contributed by atoms with Crippen molar-refractivity contribution >= 4 is 0 Å². The average Bonchev–Trinajstić information content (AvgIpc) is 2.16. The summed E-state index contributed by atoms with van der Waals surface area (Å²) in [6, 6.07) is 5.15. The third-order valence-electron chi connectivity index (χ3n) is 1.97. The molecular weight excluding hydrogens is 180 g/mol. The molecule has 0 saturated carbocycles. The predicted octanol–water partition coefficient (Wildman–Crippen LogP) is 1.86. The van der Waals surface area contributed by atoms with Gasteiger partial charge in [-0.1, -0.05) is 11.2 Å². The van der Waals surface area contributed by atoms with E-state index in [4.69, 9.17) is 5.53 Å². The molecule has 0 fully saturated rings. The molecule has 0 aliphatic carbocycles. The number of rotatable bonds is 4. The topological polar surface area (TPSA) is 70.8 Å². The summed E-state index contributed by atoms with van der Waals surface area (Å²) < 4.78 is 1.67. The van der Waals surface area contributed by atoms with E-state index in [9.17, 15) is 4.79 Å². The van der Waals surface area contributed by atoms with Gasteiger partial charge in [0.1, 0.15) is 0 Å². The van der Waals surface area contributed by atoms with Crippen LogP contribution in [0.5, 0.6) is 0 Å². The van der Waals surface area contributed by atoms with Gasteiger partial charge < -0.3 is 4.57 Å². The molecular formula is C9H12N4O. The van der Waals surface area contributed by atoms with Crippen molar-refractivity contribution in [2.45, 2.75) is 19.9 Å². The van der Waals surface area contributed by atoms with Gasteiger partial charge in [0, 0.05) is 29.8 Å². The monoisotopic (exact) mass is 192 g/mol. The lowest BCUT2D eigenvalue weighted by Crippen LogP contribution is -2.21. The van der Waals surface area contributed by atoms with Crippen molar-refractivity contribution < 1.29 is 0 Å². The number of azide groups is 1.